The highest BCUT2D eigenvalue weighted by Crippen LogP contribution is 2.37. The molecule has 0 unspecified atom stereocenters. The van der Waals surface area contributed by atoms with Gasteiger partial charge in [-0.15, -0.1) is 0 Å². The number of nitrogens with one attached hydrogen (secondary N) is 1. The molecule has 37 heavy (non-hydrogen) atoms. The maximum Gasteiger partial charge on any atom is 0.416 e. The molecule has 0 aliphatic rings. The van der Waals surface area contributed by atoms with Gasteiger partial charge >= 0.3 is 12.4 Å². The molecule has 1 heterocycles. The maximum absolute atomic E-state index is 13.5. The van der Waals surface area contributed by atoms with Crippen LogP contribution in [0.5, 0.6) is 0 Å². The first-order chi connectivity index (χ1) is 17.3. The fourth-order valence-corrected chi connectivity index (χ4v) is 4.18. The second-order valence-corrected chi connectivity index (χ2v) is 8.77. The van der Waals surface area contributed by atoms with E-state index in [0.29, 0.717) is 33.7 Å². The van der Waals surface area contributed by atoms with Gasteiger partial charge in [0.1, 0.15) is 5.69 Å². The number of aromatic amines is 1. The molecule has 4 aromatic rings. The van der Waals surface area contributed by atoms with Gasteiger partial charge in [0.25, 0.3) is 11.5 Å². The Morgan fingerprint density at radius 3 is 2.03 bits per heavy atom. The van der Waals surface area contributed by atoms with Crippen molar-refractivity contribution >= 4 is 28.3 Å². The molecule has 3 aromatic carbocycles. The van der Waals surface area contributed by atoms with E-state index in [1.165, 1.54) is 25.2 Å². The summed E-state index contributed by atoms with van der Waals surface area (Å²) in [7, 11) is 1.21. The molecule has 1 aromatic heterocycles. The van der Waals surface area contributed by atoms with E-state index in [0.717, 1.165) is 4.90 Å². The van der Waals surface area contributed by atoms with E-state index in [4.69, 9.17) is 11.6 Å². The number of H-pyrrole nitrogens is 1. The van der Waals surface area contributed by atoms with Crippen LogP contribution in [0.25, 0.3) is 21.9 Å². The number of carbonyl (C=O) groups excluding carboxylic acids is 1. The molecule has 0 bridgehead atoms. The van der Waals surface area contributed by atoms with Gasteiger partial charge in [-0.3, -0.25) is 9.59 Å². The van der Waals surface area contributed by atoms with Crippen LogP contribution in [-0.2, 0) is 18.9 Å². The van der Waals surface area contributed by atoms with E-state index in [2.05, 4.69) is 4.98 Å². The Morgan fingerprint density at radius 1 is 0.865 bits per heavy atom. The van der Waals surface area contributed by atoms with Crippen LogP contribution in [0.2, 0.25) is 5.02 Å². The lowest BCUT2D eigenvalue weighted by atomic mass is 9.96. The molecule has 11 heteroatoms. The first-order valence-corrected chi connectivity index (χ1v) is 11.1. The molecule has 1 N–H and O–H groups in total. The van der Waals surface area contributed by atoms with Crippen molar-refractivity contribution in [1.82, 2.24) is 9.88 Å². The number of halogens is 7. The second-order valence-electron chi connectivity index (χ2n) is 8.34. The lowest BCUT2D eigenvalue weighted by Crippen LogP contribution is -2.30. The third-order valence-corrected chi connectivity index (χ3v) is 5.91. The highest BCUT2D eigenvalue weighted by atomic mass is 35.5. The summed E-state index contributed by atoms with van der Waals surface area (Å²) in [6.45, 7) is -0.588. The van der Waals surface area contributed by atoms with E-state index in [9.17, 15) is 35.9 Å². The van der Waals surface area contributed by atoms with Crippen LogP contribution >= 0.6 is 11.6 Å². The predicted molar refractivity (Wildman–Crippen MR) is 127 cm³/mol. The molecule has 0 aliphatic carbocycles. The van der Waals surface area contributed by atoms with Crippen LogP contribution in [0.15, 0.2) is 71.5 Å². The van der Waals surface area contributed by atoms with E-state index in [-0.39, 0.29) is 22.7 Å². The van der Waals surface area contributed by atoms with Crippen molar-refractivity contribution < 1.29 is 31.1 Å². The lowest BCUT2D eigenvalue weighted by Gasteiger charge is -2.21. The summed E-state index contributed by atoms with van der Waals surface area (Å²) >= 11 is 6.14. The molecule has 0 atom stereocenters. The molecular weight excluding hydrogens is 522 g/mol. The zero-order valence-electron chi connectivity index (χ0n) is 19.0. The fraction of sp³-hybridized carbons (Fsp3) is 0.154. The summed E-state index contributed by atoms with van der Waals surface area (Å²) in [5, 5.41) is 0.901. The summed E-state index contributed by atoms with van der Waals surface area (Å²) in [4.78, 5) is 29.7. The second kappa shape index (κ2) is 9.59. The molecule has 4 nitrogen and oxygen atoms in total. The molecule has 192 valence electrons. The minimum atomic E-state index is -5.03. The van der Waals surface area contributed by atoms with Crippen LogP contribution < -0.4 is 5.56 Å². The first-order valence-electron chi connectivity index (χ1n) is 10.7. The third-order valence-electron chi connectivity index (χ3n) is 5.67. The summed E-state index contributed by atoms with van der Waals surface area (Å²) in [6, 6.07) is 14.2. The van der Waals surface area contributed by atoms with Crippen molar-refractivity contribution in [2.45, 2.75) is 18.9 Å². The Hall–Kier alpha value is -3.79. The molecule has 0 radical (unpaired) electrons. The van der Waals surface area contributed by atoms with Crippen molar-refractivity contribution in [3.05, 3.63) is 104 Å². The monoisotopic (exact) mass is 538 g/mol. The smallest absolute Gasteiger partial charge is 0.336 e. The van der Waals surface area contributed by atoms with Crippen LogP contribution in [0.1, 0.15) is 27.2 Å². The van der Waals surface area contributed by atoms with Crippen LogP contribution in [0, 0.1) is 0 Å². The van der Waals surface area contributed by atoms with Gasteiger partial charge in [0.05, 0.1) is 11.1 Å². The topological polar surface area (TPSA) is 53.2 Å². The number of pyridine rings is 1. The predicted octanol–water partition coefficient (Wildman–Crippen LogP) is 7.16. The van der Waals surface area contributed by atoms with Crippen molar-refractivity contribution in [3.8, 4) is 11.1 Å². The van der Waals surface area contributed by atoms with E-state index < -0.39 is 41.5 Å². The molecule has 0 saturated heterocycles. The van der Waals surface area contributed by atoms with E-state index >= 15 is 0 Å². The van der Waals surface area contributed by atoms with E-state index in [1.54, 1.807) is 30.3 Å². The van der Waals surface area contributed by atoms with Crippen molar-refractivity contribution in [2.24, 2.45) is 0 Å². The largest absolute Gasteiger partial charge is 0.416 e. The van der Waals surface area contributed by atoms with Gasteiger partial charge in [-0.05, 0) is 52.9 Å². The van der Waals surface area contributed by atoms with Gasteiger partial charge < -0.3 is 9.88 Å². The SMILES string of the molecule is CN(Cc1cc(C(F)(F)F)cc(C(F)(F)F)c1)C(=O)c1[nH]c(=O)c2ccc(Cl)cc2c1-c1ccccc1. The van der Waals surface area contributed by atoms with Crippen LogP contribution in [-0.4, -0.2) is 22.8 Å². The first kappa shape index (κ1) is 26.3. The Balaban J connectivity index is 1.83. The average molecular weight is 539 g/mol. The number of rotatable bonds is 4. The van der Waals surface area contributed by atoms with Crippen LogP contribution in [0.4, 0.5) is 26.3 Å². The standard InChI is InChI=1S/C26H17ClF6N2O2/c1-35(13-14-9-16(25(28,29)30)11-17(10-14)26(31,32)33)24(37)22-21(15-5-3-2-4-6-15)20-12-18(27)7-8-19(20)23(36)34-22/h2-12H,13H2,1H3,(H,34,36). The average Bonchev–Trinajstić information content (AvgIpc) is 2.82. The van der Waals surface area contributed by atoms with Gasteiger partial charge in [-0.2, -0.15) is 26.3 Å². The maximum atomic E-state index is 13.5. The normalized spacial score (nSPS) is 12.1. The fourth-order valence-electron chi connectivity index (χ4n) is 4.01. The van der Waals surface area contributed by atoms with Crippen molar-refractivity contribution in [2.75, 3.05) is 7.05 Å². The number of alkyl halides is 6. The minimum Gasteiger partial charge on any atom is -0.336 e. The molecule has 1 amide bonds. The summed E-state index contributed by atoms with van der Waals surface area (Å²) in [6.07, 6.45) is -10.1. The minimum absolute atomic E-state index is 0.0173. The number of nitrogens with zero attached hydrogens (tertiary/aromatic N) is 1. The lowest BCUT2D eigenvalue weighted by molar-refractivity contribution is -0.143. The highest BCUT2D eigenvalue weighted by molar-refractivity contribution is 6.31. The number of benzene rings is 3. The summed E-state index contributed by atoms with van der Waals surface area (Å²) in [5.74, 6) is -0.816. The van der Waals surface area contributed by atoms with Crippen LogP contribution in [0.3, 0.4) is 0 Å². The molecule has 0 fully saturated rings. The highest BCUT2D eigenvalue weighted by Gasteiger charge is 2.37. The number of aromatic nitrogens is 1. The van der Waals surface area contributed by atoms with Gasteiger partial charge in [0, 0.05) is 29.6 Å². The van der Waals surface area contributed by atoms with Gasteiger partial charge in [0.2, 0.25) is 0 Å². The van der Waals surface area contributed by atoms with E-state index in [1.807, 2.05) is 0 Å². The zero-order chi connectivity index (χ0) is 27.1. The Labute approximate surface area is 211 Å². The quantitative estimate of drug-likeness (QED) is 0.280. The molecular formula is C26H17ClF6N2O2. The molecule has 0 aliphatic heterocycles. The number of hydrogen-bond donors (Lipinski definition) is 1. The zero-order valence-corrected chi connectivity index (χ0v) is 19.7. The van der Waals surface area contributed by atoms with Gasteiger partial charge in [0.15, 0.2) is 0 Å². The number of carbonyl (C=O) groups is 1. The van der Waals surface area contributed by atoms with Crippen molar-refractivity contribution in [3.63, 3.8) is 0 Å². The number of fused-ring (bicyclic) bond motifs is 1. The summed E-state index contributed by atoms with van der Waals surface area (Å²) in [5.41, 5.74) is -3.30. The Morgan fingerprint density at radius 2 is 1.46 bits per heavy atom. The van der Waals surface area contributed by atoms with Gasteiger partial charge in [-0.1, -0.05) is 41.9 Å². The third kappa shape index (κ3) is 5.48. The van der Waals surface area contributed by atoms with Crippen molar-refractivity contribution in [1.29, 1.82) is 0 Å². The van der Waals surface area contributed by atoms with Gasteiger partial charge in [-0.25, -0.2) is 0 Å². The number of amides is 1. The Kier molecular flexibility index (Phi) is 6.81. The molecule has 0 spiro atoms. The number of hydrogen-bond acceptors (Lipinski definition) is 2. The molecule has 4 rings (SSSR count). The molecule has 0 saturated carbocycles. The Bertz CT molecular complexity index is 1510. The summed E-state index contributed by atoms with van der Waals surface area (Å²) < 4.78 is 79.6.